The zero-order valence-corrected chi connectivity index (χ0v) is 18.9. The molecule has 3 heterocycles. The zero-order valence-electron chi connectivity index (χ0n) is 18.9. The lowest BCUT2D eigenvalue weighted by Gasteiger charge is -2.33. The quantitative estimate of drug-likeness (QED) is 0.646. The number of amides is 1. The van der Waals surface area contributed by atoms with Gasteiger partial charge < -0.3 is 14.8 Å². The summed E-state index contributed by atoms with van der Waals surface area (Å²) >= 11 is 0. The first-order valence-corrected chi connectivity index (χ1v) is 11.2. The van der Waals surface area contributed by atoms with Gasteiger partial charge in [0.15, 0.2) is 0 Å². The maximum Gasteiger partial charge on any atom is 0.224 e. The molecule has 1 aromatic carbocycles. The summed E-state index contributed by atoms with van der Waals surface area (Å²) in [5.41, 5.74) is 4.06. The highest BCUT2D eigenvalue weighted by Gasteiger charge is 2.29. The number of benzene rings is 1. The highest BCUT2D eigenvalue weighted by atomic mass is 16.2. The normalized spacial score (nSPS) is 16.8. The zero-order chi connectivity index (χ0) is 22.0. The Morgan fingerprint density at radius 2 is 1.90 bits per heavy atom. The van der Waals surface area contributed by atoms with Gasteiger partial charge in [-0.15, -0.1) is 0 Å². The van der Waals surface area contributed by atoms with E-state index < -0.39 is 0 Å². The number of fused-ring (bicyclic) bond motifs is 1. The summed E-state index contributed by atoms with van der Waals surface area (Å²) in [6.45, 7) is 10.4. The van der Waals surface area contributed by atoms with Crippen molar-refractivity contribution in [2.75, 3.05) is 25.0 Å². The third kappa shape index (κ3) is 4.70. The Kier molecular flexibility index (Phi) is 6.20. The van der Waals surface area contributed by atoms with Gasteiger partial charge >= 0.3 is 0 Å². The summed E-state index contributed by atoms with van der Waals surface area (Å²) in [6.07, 6.45) is 2.50. The van der Waals surface area contributed by atoms with Gasteiger partial charge in [0.1, 0.15) is 5.82 Å². The molecular weight excluding hydrogens is 388 g/mol. The second-order valence-corrected chi connectivity index (χ2v) is 8.75. The molecule has 3 aromatic rings. The third-order valence-corrected chi connectivity index (χ3v) is 5.88. The molecule has 1 N–H and O–H groups in total. The van der Waals surface area contributed by atoms with Crippen molar-refractivity contribution in [3.63, 3.8) is 0 Å². The maximum absolute atomic E-state index is 12.9. The number of anilines is 1. The van der Waals surface area contributed by atoms with Crippen LogP contribution < -0.4 is 5.32 Å². The fraction of sp³-hybridized carbons (Fsp3) is 0.500. The number of rotatable bonds is 6. The fourth-order valence-electron chi connectivity index (χ4n) is 4.55. The number of aryl methyl sites for hydroxylation is 2. The SMILES string of the molecule is Cc1cc(C)nc(NCCC(=O)N2CCCC(c3nc4ccccc4n3C(C)C)C2)n1. The number of hydrogen-bond donors (Lipinski definition) is 1. The Morgan fingerprint density at radius 3 is 2.65 bits per heavy atom. The molecular formula is C24H32N6O. The molecule has 0 spiro atoms. The summed E-state index contributed by atoms with van der Waals surface area (Å²) in [4.78, 5) is 28.6. The van der Waals surface area contributed by atoms with Crippen molar-refractivity contribution in [1.29, 1.82) is 0 Å². The highest BCUT2D eigenvalue weighted by Crippen LogP contribution is 2.31. The van der Waals surface area contributed by atoms with Crippen molar-refractivity contribution in [2.24, 2.45) is 0 Å². The summed E-state index contributed by atoms with van der Waals surface area (Å²) in [6, 6.07) is 10.6. The molecule has 0 bridgehead atoms. The van der Waals surface area contributed by atoms with Gasteiger partial charge in [-0.1, -0.05) is 12.1 Å². The highest BCUT2D eigenvalue weighted by molar-refractivity contribution is 5.77. The van der Waals surface area contributed by atoms with Gasteiger partial charge in [0, 0.05) is 49.4 Å². The van der Waals surface area contributed by atoms with Gasteiger partial charge in [-0.05, 0) is 58.7 Å². The van der Waals surface area contributed by atoms with Gasteiger partial charge in [-0.25, -0.2) is 15.0 Å². The van der Waals surface area contributed by atoms with Crippen molar-refractivity contribution in [3.8, 4) is 0 Å². The molecule has 4 rings (SSSR count). The first kappa shape index (κ1) is 21.3. The smallest absolute Gasteiger partial charge is 0.224 e. The van der Waals surface area contributed by atoms with Crippen molar-refractivity contribution in [1.82, 2.24) is 24.4 Å². The largest absolute Gasteiger partial charge is 0.354 e. The summed E-state index contributed by atoms with van der Waals surface area (Å²) in [5.74, 6) is 2.14. The lowest BCUT2D eigenvalue weighted by atomic mass is 9.96. The third-order valence-electron chi connectivity index (χ3n) is 5.88. The van der Waals surface area contributed by atoms with Crippen LogP contribution in [0.15, 0.2) is 30.3 Å². The van der Waals surface area contributed by atoms with Crippen LogP contribution in [0.4, 0.5) is 5.95 Å². The molecule has 2 aromatic heterocycles. The van der Waals surface area contributed by atoms with E-state index in [4.69, 9.17) is 4.98 Å². The van der Waals surface area contributed by atoms with E-state index in [0.717, 1.165) is 48.7 Å². The Labute approximate surface area is 183 Å². The molecule has 164 valence electrons. The van der Waals surface area contributed by atoms with Gasteiger partial charge in [0.25, 0.3) is 0 Å². The van der Waals surface area contributed by atoms with Gasteiger partial charge in [0.2, 0.25) is 11.9 Å². The van der Waals surface area contributed by atoms with E-state index in [2.05, 4.69) is 51.9 Å². The minimum absolute atomic E-state index is 0.175. The average molecular weight is 421 g/mol. The number of nitrogens with one attached hydrogen (secondary N) is 1. The molecule has 1 aliphatic heterocycles. The predicted molar refractivity (Wildman–Crippen MR) is 123 cm³/mol. The number of nitrogens with zero attached hydrogens (tertiary/aromatic N) is 5. The van der Waals surface area contributed by atoms with E-state index in [1.807, 2.05) is 30.9 Å². The number of aromatic nitrogens is 4. The van der Waals surface area contributed by atoms with E-state index in [-0.39, 0.29) is 11.8 Å². The molecule has 0 radical (unpaired) electrons. The molecule has 0 aliphatic carbocycles. The number of carbonyl (C=O) groups excluding carboxylic acids is 1. The van der Waals surface area contributed by atoms with Crippen molar-refractivity contribution < 1.29 is 4.79 Å². The first-order valence-electron chi connectivity index (χ1n) is 11.2. The number of piperidine rings is 1. The standard InChI is InChI=1S/C24H32N6O/c1-16(2)30-21-10-6-5-9-20(21)28-23(30)19-8-7-13-29(15-19)22(31)11-12-25-24-26-17(3)14-18(4)27-24/h5-6,9-10,14,16,19H,7-8,11-13,15H2,1-4H3,(H,25,26,27). The second kappa shape index (κ2) is 9.04. The van der Waals surface area contributed by atoms with Crippen molar-refractivity contribution in [2.45, 2.75) is 58.9 Å². The Bertz CT molecular complexity index is 1050. The van der Waals surface area contributed by atoms with E-state index in [0.29, 0.717) is 25.0 Å². The van der Waals surface area contributed by atoms with Crippen LogP contribution in [-0.4, -0.2) is 50.0 Å². The minimum atomic E-state index is 0.175. The summed E-state index contributed by atoms with van der Waals surface area (Å²) in [5, 5.41) is 3.19. The molecule has 1 aliphatic rings. The summed E-state index contributed by atoms with van der Waals surface area (Å²) < 4.78 is 2.34. The average Bonchev–Trinajstić information content (AvgIpc) is 3.13. The lowest BCUT2D eigenvalue weighted by Crippen LogP contribution is -2.40. The predicted octanol–water partition coefficient (Wildman–Crippen LogP) is 4.23. The fourth-order valence-corrected chi connectivity index (χ4v) is 4.55. The Morgan fingerprint density at radius 1 is 1.16 bits per heavy atom. The Balaban J connectivity index is 1.42. The molecule has 7 nitrogen and oxygen atoms in total. The van der Waals surface area contributed by atoms with Gasteiger partial charge in [0.05, 0.1) is 11.0 Å². The van der Waals surface area contributed by atoms with Crippen LogP contribution in [0, 0.1) is 13.8 Å². The van der Waals surface area contributed by atoms with Crippen LogP contribution in [0.5, 0.6) is 0 Å². The van der Waals surface area contributed by atoms with Crippen LogP contribution in [0.25, 0.3) is 11.0 Å². The monoisotopic (exact) mass is 420 g/mol. The van der Waals surface area contributed by atoms with E-state index in [1.165, 1.54) is 5.52 Å². The first-order chi connectivity index (χ1) is 14.9. The second-order valence-electron chi connectivity index (χ2n) is 8.75. The molecule has 1 unspecified atom stereocenters. The molecule has 1 saturated heterocycles. The number of imidazole rings is 1. The number of para-hydroxylation sites is 2. The molecule has 7 heteroatoms. The van der Waals surface area contributed by atoms with Crippen molar-refractivity contribution >= 4 is 22.9 Å². The number of likely N-dealkylation sites (tertiary alicyclic amines) is 1. The van der Waals surface area contributed by atoms with Crippen LogP contribution in [0.1, 0.15) is 62.3 Å². The van der Waals surface area contributed by atoms with Crippen molar-refractivity contribution in [3.05, 3.63) is 47.5 Å². The molecule has 31 heavy (non-hydrogen) atoms. The molecule has 0 saturated carbocycles. The van der Waals surface area contributed by atoms with E-state index in [1.54, 1.807) is 0 Å². The maximum atomic E-state index is 12.9. The van der Waals surface area contributed by atoms with E-state index in [9.17, 15) is 4.79 Å². The number of hydrogen-bond acceptors (Lipinski definition) is 5. The van der Waals surface area contributed by atoms with Crippen LogP contribution in [0.2, 0.25) is 0 Å². The topological polar surface area (TPSA) is 75.9 Å². The van der Waals surface area contributed by atoms with Gasteiger partial charge in [-0.2, -0.15) is 0 Å². The minimum Gasteiger partial charge on any atom is -0.354 e. The molecule has 1 fully saturated rings. The lowest BCUT2D eigenvalue weighted by molar-refractivity contribution is -0.132. The van der Waals surface area contributed by atoms with Crippen LogP contribution in [0.3, 0.4) is 0 Å². The van der Waals surface area contributed by atoms with E-state index >= 15 is 0 Å². The Hall–Kier alpha value is -2.96. The number of carbonyl (C=O) groups is 1. The van der Waals surface area contributed by atoms with Crippen LogP contribution >= 0.6 is 0 Å². The molecule has 1 amide bonds. The summed E-state index contributed by atoms with van der Waals surface area (Å²) in [7, 11) is 0. The van der Waals surface area contributed by atoms with Gasteiger partial charge in [-0.3, -0.25) is 4.79 Å². The molecule has 1 atom stereocenters. The van der Waals surface area contributed by atoms with Crippen LogP contribution in [-0.2, 0) is 4.79 Å².